The van der Waals surface area contributed by atoms with E-state index in [9.17, 15) is 34.5 Å². The molecule has 37 heavy (non-hydrogen) atoms. The number of nitrogens with two attached hydrogens (primary N) is 1. The quantitative estimate of drug-likeness (QED) is 0.147. The van der Waals surface area contributed by atoms with Gasteiger partial charge in [-0.05, 0) is 51.4 Å². The number of nitrogens with one attached hydrogen (secondary N) is 3. The number of nitrogens with zero attached hydrogens (tertiary/aromatic N) is 1. The summed E-state index contributed by atoms with van der Waals surface area (Å²) in [5.41, 5.74) is 4.10. The van der Waals surface area contributed by atoms with Crippen molar-refractivity contribution in [2.45, 2.75) is 110 Å². The van der Waals surface area contributed by atoms with Crippen LogP contribution in [0.4, 0.5) is 0 Å². The summed E-state index contributed by atoms with van der Waals surface area (Å²) in [6.07, 6.45) is 1.43. The molecule has 0 spiro atoms. The topological polar surface area (TPSA) is 194 Å². The molecule has 0 aromatic carbocycles. The molecule has 12 heteroatoms. The molecule has 0 bridgehead atoms. The Labute approximate surface area is 219 Å². The van der Waals surface area contributed by atoms with E-state index in [1.165, 1.54) is 18.7 Å². The predicted octanol–water partition coefficient (Wildman–Crippen LogP) is -1.05. The first-order chi connectivity index (χ1) is 16.9. The predicted molar refractivity (Wildman–Crippen MR) is 138 cm³/mol. The van der Waals surface area contributed by atoms with Crippen molar-refractivity contribution in [2.75, 3.05) is 13.2 Å². The van der Waals surface area contributed by atoms with Crippen molar-refractivity contribution in [1.29, 1.82) is 0 Å². The minimum absolute atomic E-state index is 0.00549. The van der Waals surface area contributed by atoms with Crippen LogP contribution in [0.5, 0.6) is 0 Å². The van der Waals surface area contributed by atoms with Gasteiger partial charge in [-0.15, -0.1) is 0 Å². The summed E-state index contributed by atoms with van der Waals surface area (Å²) in [6.45, 7) is 11.2. The Hall–Kier alpha value is -2.28. The van der Waals surface area contributed by atoms with Crippen LogP contribution in [0.1, 0.15) is 74.1 Å². The Balaban J connectivity index is 3.11. The number of aliphatic hydroxyl groups excluding tert-OH is 1. The summed E-state index contributed by atoms with van der Waals surface area (Å²) in [6, 6.07) is -3.83. The number of likely N-dealkylation sites (tertiary alicyclic amines) is 1. The van der Waals surface area contributed by atoms with Gasteiger partial charge in [0, 0.05) is 13.5 Å². The third kappa shape index (κ3) is 8.91. The molecule has 12 nitrogen and oxygen atoms in total. The van der Waals surface area contributed by atoms with Gasteiger partial charge < -0.3 is 41.9 Å². The van der Waals surface area contributed by atoms with E-state index < -0.39 is 53.9 Å². The second kappa shape index (κ2) is 13.5. The normalized spacial score (nSPS) is 20.2. The minimum atomic E-state index is -2.64. The minimum Gasteiger partial charge on any atom is -0.394 e. The van der Waals surface area contributed by atoms with Crippen molar-refractivity contribution in [2.24, 2.45) is 17.6 Å². The summed E-state index contributed by atoms with van der Waals surface area (Å²) in [5, 5.41) is 39.2. The second-order valence-electron chi connectivity index (χ2n) is 11.3. The van der Waals surface area contributed by atoms with Crippen LogP contribution in [0.3, 0.4) is 0 Å². The number of amides is 4. The fourth-order valence-electron chi connectivity index (χ4n) is 4.47. The van der Waals surface area contributed by atoms with E-state index in [-0.39, 0.29) is 36.5 Å². The van der Waals surface area contributed by atoms with E-state index in [4.69, 9.17) is 5.73 Å². The van der Waals surface area contributed by atoms with Crippen LogP contribution in [0.25, 0.3) is 0 Å². The van der Waals surface area contributed by atoms with Gasteiger partial charge in [-0.1, -0.05) is 27.7 Å². The lowest BCUT2D eigenvalue weighted by molar-refractivity contribution is -0.234. The highest BCUT2D eigenvalue weighted by Gasteiger charge is 2.50. The molecule has 4 amide bonds. The van der Waals surface area contributed by atoms with E-state index in [0.29, 0.717) is 19.4 Å². The van der Waals surface area contributed by atoms with Crippen LogP contribution in [0.2, 0.25) is 0 Å². The third-order valence-corrected chi connectivity index (χ3v) is 6.65. The van der Waals surface area contributed by atoms with Crippen LogP contribution in [0, 0.1) is 11.8 Å². The van der Waals surface area contributed by atoms with E-state index in [2.05, 4.69) is 16.0 Å². The van der Waals surface area contributed by atoms with Crippen molar-refractivity contribution in [3.63, 3.8) is 0 Å². The lowest BCUT2D eigenvalue weighted by Crippen LogP contribution is -2.71. The van der Waals surface area contributed by atoms with Gasteiger partial charge >= 0.3 is 0 Å². The lowest BCUT2D eigenvalue weighted by atomic mass is 9.83. The summed E-state index contributed by atoms with van der Waals surface area (Å²) in [7, 11) is 0. The highest BCUT2D eigenvalue weighted by molar-refractivity contribution is 5.94. The Kier molecular flexibility index (Phi) is 11.9. The maximum Gasteiger partial charge on any atom is 0.245 e. The molecule has 0 aromatic heterocycles. The first-order valence-electron chi connectivity index (χ1n) is 13.0. The SMILES string of the molecule is CC(=O)N[C@@H](C)C(=O)N1CCC[C@H]1C(=O)N[C@@H](CC(C)C)C(=O)N[C@@H](CC(C)C)C(O)(O)[C@@](C)(N)CO. The van der Waals surface area contributed by atoms with Crippen molar-refractivity contribution in [1.82, 2.24) is 20.9 Å². The summed E-state index contributed by atoms with van der Waals surface area (Å²) in [5.74, 6) is -4.55. The Morgan fingerprint density at radius 2 is 1.57 bits per heavy atom. The maximum atomic E-state index is 13.3. The maximum absolute atomic E-state index is 13.3. The number of aliphatic hydroxyl groups is 3. The highest BCUT2D eigenvalue weighted by atomic mass is 16.5. The largest absolute Gasteiger partial charge is 0.394 e. The number of carbonyl (C=O) groups is 4. The number of hydrogen-bond acceptors (Lipinski definition) is 8. The van der Waals surface area contributed by atoms with Gasteiger partial charge in [0.25, 0.3) is 0 Å². The average Bonchev–Trinajstić information content (AvgIpc) is 3.26. The molecule has 5 atom stereocenters. The molecule has 0 saturated carbocycles. The van der Waals surface area contributed by atoms with Crippen molar-refractivity contribution in [3.8, 4) is 0 Å². The number of carbonyl (C=O) groups excluding carboxylic acids is 4. The van der Waals surface area contributed by atoms with E-state index in [1.807, 2.05) is 27.7 Å². The molecule has 1 rings (SSSR count). The molecular weight excluding hydrogens is 482 g/mol. The van der Waals surface area contributed by atoms with Gasteiger partial charge in [0.2, 0.25) is 29.4 Å². The fraction of sp³-hybridized carbons (Fsp3) is 0.840. The Morgan fingerprint density at radius 3 is 2.05 bits per heavy atom. The molecule has 0 unspecified atom stereocenters. The molecule has 1 heterocycles. The first-order valence-corrected chi connectivity index (χ1v) is 13.0. The van der Waals surface area contributed by atoms with Crippen LogP contribution in [-0.2, 0) is 19.2 Å². The number of hydrogen-bond donors (Lipinski definition) is 7. The summed E-state index contributed by atoms with van der Waals surface area (Å²) >= 11 is 0. The zero-order chi connectivity index (χ0) is 28.7. The van der Waals surface area contributed by atoms with E-state index in [0.717, 1.165) is 0 Å². The van der Waals surface area contributed by atoms with E-state index >= 15 is 0 Å². The van der Waals surface area contributed by atoms with Crippen LogP contribution >= 0.6 is 0 Å². The van der Waals surface area contributed by atoms with Gasteiger partial charge in [0.15, 0.2) is 0 Å². The van der Waals surface area contributed by atoms with Gasteiger partial charge in [-0.2, -0.15) is 0 Å². The molecule has 0 aromatic rings. The summed E-state index contributed by atoms with van der Waals surface area (Å²) in [4.78, 5) is 52.2. The van der Waals surface area contributed by atoms with Crippen molar-refractivity contribution < 1.29 is 34.5 Å². The Morgan fingerprint density at radius 1 is 1.00 bits per heavy atom. The second-order valence-corrected chi connectivity index (χ2v) is 11.3. The number of rotatable bonds is 13. The van der Waals surface area contributed by atoms with Crippen molar-refractivity contribution in [3.05, 3.63) is 0 Å². The van der Waals surface area contributed by atoms with Crippen LogP contribution in [-0.4, -0.2) is 92.5 Å². The molecule has 1 fully saturated rings. The molecule has 0 aliphatic carbocycles. The molecular formula is C25H47N5O7. The van der Waals surface area contributed by atoms with Crippen molar-refractivity contribution >= 4 is 23.6 Å². The first kappa shape index (κ1) is 32.7. The smallest absolute Gasteiger partial charge is 0.245 e. The standard InChI is InChI=1S/C25H47N5O7/c1-14(2)11-18(21(33)29-20(12-15(3)4)25(36,37)24(7,26)13-31)28-22(34)19-9-8-10-30(19)23(35)16(5)27-17(6)32/h14-16,18-20,31,36-37H,8-13,26H2,1-7H3,(H,27,32)(H,28,34)(H,29,33)/t16-,18-,19-,20-,24-/m0/s1. The molecule has 1 aliphatic rings. The fourth-order valence-corrected chi connectivity index (χ4v) is 4.47. The Bertz CT molecular complexity index is 815. The van der Waals surface area contributed by atoms with Crippen LogP contribution in [0.15, 0.2) is 0 Å². The molecule has 0 radical (unpaired) electrons. The third-order valence-electron chi connectivity index (χ3n) is 6.65. The molecule has 8 N–H and O–H groups in total. The van der Waals surface area contributed by atoms with E-state index in [1.54, 1.807) is 6.92 Å². The molecule has 214 valence electrons. The molecule has 1 saturated heterocycles. The average molecular weight is 530 g/mol. The lowest BCUT2D eigenvalue weighted by Gasteiger charge is -2.43. The van der Waals surface area contributed by atoms with Crippen LogP contribution < -0.4 is 21.7 Å². The van der Waals surface area contributed by atoms with Gasteiger partial charge in [0.05, 0.1) is 18.2 Å². The molecule has 1 aliphatic heterocycles. The monoisotopic (exact) mass is 529 g/mol. The van der Waals surface area contributed by atoms with Gasteiger partial charge in [0.1, 0.15) is 18.1 Å². The zero-order valence-electron chi connectivity index (χ0n) is 23.2. The zero-order valence-corrected chi connectivity index (χ0v) is 23.2. The highest BCUT2D eigenvalue weighted by Crippen LogP contribution is 2.26. The summed E-state index contributed by atoms with van der Waals surface area (Å²) < 4.78 is 0. The van der Waals surface area contributed by atoms with Gasteiger partial charge in [-0.25, -0.2) is 0 Å². The van der Waals surface area contributed by atoms with Gasteiger partial charge in [-0.3, -0.25) is 19.2 Å².